The van der Waals surface area contributed by atoms with Gasteiger partial charge in [0.1, 0.15) is 5.82 Å². The molecular formula is C20H32FNO2. The largest absolute Gasteiger partial charge is 0.387 e. The van der Waals surface area contributed by atoms with E-state index in [1.807, 2.05) is 7.11 Å². The van der Waals surface area contributed by atoms with E-state index in [1.54, 1.807) is 12.1 Å². The molecule has 0 saturated heterocycles. The summed E-state index contributed by atoms with van der Waals surface area (Å²) in [6, 6.07) is 6.18. The van der Waals surface area contributed by atoms with Gasteiger partial charge in [-0.25, -0.2) is 4.39 Å². The van der Waals surface area contributed by atoms with Crippen molar-refractivity contribution in [3.8, 4) is 0 Å². The molecule has 2 N–H and O–H groups in total. The topological polar surface area (TPSA) is 41.5 Å². The molecule has 136 valence electrons. The van der Waals surface area contributed by atoms with Gasteiger partial charge in [0.2, 0.25) is 0 Å². The van der Waals surface area contributed by atoms with E-state index in [1.165, 1.54) is 25.0 Å². The molecule has 1 saturated carbocycles. The second-order valence-electron chi connectivity index (χ2n) is 7.72. The summed E-state index contributed by atoms with van der Waals surface area (Å²) in [7, 11) is 1.81. The molecule has 0 bridgehead atoms. The first kappa shape index (κ1) is 19.4. The van der Waals surface area contributed by atoms with Crippen molar-refractivity contribution in [3.63, 3.8) is 0 Å². The number of rotatable bonds is 8. The van der Waals surface area contributed by atoms with Gasteiger partial charge < -0.3 is 15.2 Å². The fraction of sp³-hybridized carbons (Fsp3) is 0.700. The van der Waals surface area contributed by atoms with E-state index in [9.17, 15) is 9.50 Å². The summed E-state index contributed by atoms with van der Waals surface area (Å²) in [6.45, 7) is 6.00. The molecule has 4 heteroatoms. The number of nitrogens with one attached hydrogen (secondary N) is 1. The molecule has 1 aromatic rings. The minimum Gasteiger partial charge on any atom is -0.387 e. The number of benzene rings is 1. The standard InChI is InChI=1S/C20H32FNO2/c1-20(2,16-7-9-18(24-3)10-8-16)11-12-22-14-19(23)15-5-4-6-17(21)13-15/h4-6,13,16,18-19,22-23H,7-12,14H2,1-3H3. The Morgan fingerprint density at radius 1 is 1.29 bits per heavy atom. The Bertz CT molecular complexity index is 498. The summed E-state index contributed by atoms with van der Waals surface area (Å²) in [5.41, 5.74) is 0.912. The zero-order chi connectivity index (χ0) is 17.6. The van der Waals surface area contributed by atoms with Gasteiger partial charge in [-0.3, -0.25) is 0 Å². The van der Waals surface area contributed by atoms with Gasteiger partial charge in [0, 0.05) is 13.7 Å². The summed E-state index contributed by atoms with van der Waals surface area (Å²) >= 11 is 0. The number of methoxy groups -OCH3 is 1. The van der Waals surface area contributed by atoms with Crippen molar-refractivity contribution >= 4 is 0 Å². The predicted molar refractivity (Wildman–Crippen MR) is 95.4 cm³/mol. The van der Waals surface area contributed by atoms with Gasteiger partial charge in [-0.05, 0) is 67.7 Å². The van der Waals surface area contributed by atoms with Crippen LogP contribution in [0.5, 0.6) is 0 Å². The molecule has 1 unspecified atom stereocenters. The molecule has 1 atom stereocenters. The fourth-order valence-electron chi connectivity index (χ4n) is 3.77. The minimum absolute atomic E-state index is 0.287. The second-order valence-corrected chi connectivity index (χ2v) is 7.72. The number of hydrogen-bond acceptors (Lipinski definition) is 3. The van der Waals surface area contributed by atoms with Crippen molar-refractivity contribution in [2.24, 2.45) is 11.3 Å². The third-order valence-corrected chi connectivity index (χ3v) is 5.63. The number of aliphatic hydroxyl groups excluding tert-OH is 1. The van der Waals surface area contributed by atoms with E-state index < -0.39 is 6.10 Å². The summed E-state index contributed by atoms with van der Waals surface area (Å²) in [5, 5.41) is 13.5. The van der Waals surface area contributed by atoms with Crippen LogP contribution in [0, 0.1) is 17.2 Å². The maximum atomic E-state index is 13.2. The van der Waals surface area contributed by atoms with Crippen molar-refractivity contribution in [2.75, 3.05) is 20.2 Å². The molecule has 1 aromatic carbocycles. The second kappa shape index (κ2) is 8.93. The van der Waals surface area contributed by atoms with Crippen molar-refractivity contribution in [2.45, 2.75) is 58.2 Å². The normalized spacial score (nSPS) is 23.2. The first-order valence-corrected chi connectivity index (χ1v) is 9.09. The summed E-state index contributed by atoms with van der Waals surface area (Å²) < 4.78 is 18.7. The highest BCUT2D eigenvalue weighted by Crippen LogP contribution is 2.40. The van der Waals surface area contributed by atoms with E-state index in [-0.39, 0.29) is 11.2 Å². The van der Waals surface area contributed by atoms with E-state index in [2.05, 4.69) is 19.2 Å². The first-order chi connectivity index (χ1) is 11.4. The number of halogens is 1. The molecule has 1 aliphatic carbocycles. The lowest BCUT2D eigenvalue weighted by atomic mass is 9.69. The number of aliphatic hydroxyl groups is 1. The van der Waals surface area contributed by atoms with Crippen LogP contribution in [0.3, 0.4) is 0 Å². The zero-order valence-corrected chi connectivity index (χ0v) is 15.2. The third-order valence-electron chi connectivity index (χ3n) is 5.63. The van der Waals surface area contributed by atoms with Gasteiger partial charge in [-0.15, -0.1) is 0 Å². The highest BCUT2D eigenvalue weighted by molar-refractivity contribution is 5.18. The Kier molecular flexibility index (Phi) is 7.20. The number of hydrogen-bond donors (Lipinski definition) is 2. The lowest BCUT2D eigenvalue weighted by Gasteiger charge is -2.39. The SMILES string of the molecule is COC1CCC(C(C)(C)CCNCC(O)c2cccc(F)c2)CC1. The maximum Gasteiger partial charge on any atom is 0.123 e. The van der Waals surface area contributed by atoms with Crippen molar-refractivity contribution < 1.29 is 14.2 Å². The van der Waals surface area contributed by atoms with Crippen LogP contribution in [-0.2, 0) is 4.74 Å². The highest BCUT2D eigenvalue weighted by Gasteiger charge is 2.32. The molecule has 3 nitrogen and oxygen atoms in total. The Labute approximate surface area is 145 Å². The van der Waals surface area contributed by atoms with E-state index in [4.69, 9.17) is 4.74 Å². The average molecular weight is 337 g/mol. The molecule has 2 rings (SSSR count). The molecule has 0 radical (unpaired) electrons. The van der Waals surface area contributed by atoms with Crippen molar-refractivity contribution in [1.29, 1.82) is 0 Å². The molecule has 0 aromatic heterocycles. The quantitative estimate of drug-likeness (QED) is 0.703. The van der Waals surface area contributed by atoms with Crippen LogP contribution in [0.4, 0.5) is 4.39 Å². The lowest BCUT2D eigenvalue weighted by Crippen LogP contribution is -2.34. The van der Waals surface area contributed by atoms with Gasteiger partial charge in [-0.1, -0.05) is 26.0 Å². The Morgan fingerprint density at radius 2 is 2.00 bits per heavy atom. The van der Waals surface area contributed by atoms with Gasteiger partial charge in [0.05, 0.1) is 12.2 Å². The summed E-state index contributed by atoms with van der Waals surface area (Å²) in [5.74, 6) is 0.429. The molecule has 0 heterocycles. The fourth-order valence-corrected chi connectivity index (χ4v) is 3.77. The van der Waals surface area contributed by atoms with Crippen LogP contribution in [0.15, 0.2) is 24.3 Å². The van der Waals surface area contributed by atoms with Crippen LogP contribution < -0.4 is 5.32 Å². The van der Waals surface area contributed by atoms with E-state index in [0.29, 0.717) is 18.2 Å². The van der Waals surface area contributed by atoms with Gasteiger partial charge in [0.15, 0.2) is 0 Å². The van der Waals surface area contributed by atoms with Gasteiger partial charge in [-0.2, -0.15) is 0 Å². The average Bonchev–Trinajstić information content (AvgIpc) is 2.58. The first-order valence-electron chi connectivity index (χ1n) is 9.09. The molecule has 1 aliphatic rings. The van der Waals surface area contributed by atoms with Crippen LogP contribution in [0.2, 0.25) is 0 Å². The number of ether oxygens (including phenoxy) is 1. The Morgan fingerprint density at radius 3 is 2.62 bits per heavy atom. The van der Waals surface area contributed by atoms with Gasteiger partial charge >= 0.3 is 0 Å². The molecule has 1 fully saturated rings. The monoisotopic (exact) mass is 337 g/mol. The van der Waals surface area contributed by atoms with Crippen molar-refractivity contribution in [3.05, 3.63) is 35.6 Å². The van der Waals surface area contributed by atoms with Crippen LogP contribution in [0.1, 0.15) is 57.6 Å². The van der Waals surface area contributed by atoms with Crippen molar-refractivity contribution in [1.82, 2.24) is 5.32 Å². The van der Waals surface area contributed by atoms with Crippen LogP contribution in [0.25, 0.3) is 0 Å². The minimum atomic E-state index is -0.666. The molecule has 24 heavy (non-hydrogen) atoms. The van der Waals surface area contributed by atoms with Gasteiger partial charge in [0.25, 0.3) is 0 Å². The molecule has 0 spiro atoms. The van der Waals surface area contributed by atoms with E-state index in [0.717, 1.165) is 31.7 Å². The lowest BCUT2D eigenvalue weighted by molar-refractivity contribution is 0.0290. The highest BCUT2D eigenvalue weighted by atomic mass is 19.1. The van der Waals surface area contributed by atoms with E-state index >= 15 is 0 Å². The smallest absolute Gasteiger partial charge is 0.123 e. The molecule has 0 aliphatic heterocycles. The van der Waals surface area contributed by atoms with Crippen LogP contribution >= 0.6 is 0 Å². The molecular weight excluding hydrogens is 305 g/mol. The summed E-state index contributed by atoms with van der Waals surface area (Å²) in [4.78, 5) is 0. The molecule has 0 amide bonds. The zero-order valence-electron chi connectivity index (χ0n) is 15.2. The third kappa shape index (κ3) is 5.54. The Balaban J connectivity index is 1.71. The predicted octanol–water partition coefficient (Wildman–Crippen LogP) is 4.07. The Hall–Kier alpha value is -0.970. The maximum absolute atomic E-state index is 13.2. The summed E-state index contributed by atoms with van der Waals surface area (Å²) in [6.07, 6.45) is 5.64. The van der Waals surface area contributed by atoms with Crippen LogP contribution in [-0.4, -0.2) is 31.4 Å².